The Morgan fingerprint density at radius 2 is 1.77 bits per heavy atom. The van der Waals surface area contributed by atoms with Crippen molar-refractivity contribution in [3.8, 4) is 0 Å². The van der Waals surface area contributed by atoms with Crippen LogP contribution in [0, 0.1) is 0 Å². The van der Waals surface area contributed by atoms with Crippen molar-refractivity contribution in [1.82, 2.24) is 9.03 Å². The minimum Gasteiger partial charge on any atom is -0.379 e. The normalized spacial score (nSPS) is 17.5. The smallest absolute Gasteiger partial charge is 0.242 e. The molecule has 1 aromatic carbocycles. The highest BCUT2D eigenvalue weighted by Gasteiger charge is 2.25. The van der Waals surface area contributed by atoms with Gasteiger partial charge >= 0.3 is 0 Å². The van der Waals surface area contributed by atoms with Crippen LogP contribution in [0.5, 0.6) is 0 Å². The molecule has 0 saturated carbocycles. The first-order valence-corrected chi connectivity index (χ1v) is 10.1. The molecule has 124 valence electrons. The zero-order valence-corrected chi connectivity index (χ0v) is 14.1. The number of morpholine rings is 1. The molecule has 1 aliphatic heterocycles. The Balaban J connectivity index is 1.97. The molecule has 0 atom stereocenters. The van der Waals surface area contributed by atoms with Crippen molar-refractivity contribution in [1.29, 1.82) is 0 Å². The third-order valence-corrected chi connectivity index (χ3v) is 6.97. The van der Waals surface area contributed by atoms with Crippen LogP contribution in [0.3, 0.4) is 0 Å². The summed E-state index contributed by atoms with van der Waals surface area (Å²) in [6.07, 6.45) is 0. The van der Waals surface area contributed by atoms with E-state index in [0.717, 1.165) is 0 Å². The predicted molar refractivity (Wildman–Crippen MR) is 82.8 cm³/mol. The molecule has 22 heavy (non-hydrogen) atoms. The summed E-state index contributed by atoms with van der Waals surface area (Å²) in [5.41, 5.74) is 0. The van der Waals surface area contributed by atoms with Crippen LogP contribution in [0.4, 0.5) is 0 Å². The number of nitrogens with one attached hydrogen (secondary N) is 1. The first kappa shape index (κ1) is 17.6. The fourth-order valence-electron chi connectivity index (χ4n) is 2.00. The van der Waals surface area contributed by atoms with E-state index < -0.39 is 20.0 Å². The molecule has 0 unspecified atom stereocenters. The third-order valence-electron chi connectivity index (χ3n) is 3.14. The Bertz CT molecular complexity index is 715. The van der Waals surface area contributed by atoms with Crippen LogP contribution >= 0.6 is 11.6 Å². The minimum atomic E-state index is -3.83. The van der Waals surface area contributed by atoms with Gasteiger partial charge < -0.3 is 4.74 Å². The molecule has 0 radical (unpaired) electrons. The van der Waals surface area contributed by atoms with Crippen molar-refractivity contribution in [2.75, 3.05) is 38.6 Å². The summed E-state index contributed by atoms with van der Waals surface area (Å²) in [6, 6.07) is 5.98. The molecule has 10 heteroatoms. The molecular formula is C12H17ClN2O5S2. The molecule has 1 saturated heterocycles. The highest BCUT2D eigenvalue weighted by Crippen LogP contribution is 2.20. The number of ether oxygens (including phenoxy) is 1. The van der Waals surface area contributed by atoms with Gasteiger partial charge in [-0.1, -0.05) is 23.7 Å². The van der Waals surface area contributed by atoms with Crippen molar-refractivity contribution >= 4 is 31.6 Å². The predicted octanol–water partition coefficient (Wildman–Crippen LogP) is 0.280. The lowest BCUT2D eigenvalue weighted by atomic mass is 10.4. The molecule has 0 aromatic heterocycles. The summed E-state index contributed by atoms with van der Waals surface area (Å²) in [4.78, 5) is -0.0690. The first-order chi connectivity index (χ1) is 10.3. The lowest BCUT2D eigenvalue weighted by Gasteiger charge is -2.26. The second kappa shape index (κ2) is 7.24. The van der Waals surface area contributed by atoms with E-state index in [2.05, 4.69) is 4.72 Å². The van der Waals surface area contributed by atoms with Crippen LogP contribution in [0.1, 0.15) is 0 Å². The molecule has 1 heterocycles. The topological polar surface area (TPSA) is 92.8 Å². The van der Waals surface area contributed by atoms with E-state index in [1.165, 1.54) is 16.4 Å². The zero-order chi connectivity index (χ0) is 16.2. The van der Waals surface area contributed by atoms with Crippen LogP contribution in [-0.4, -0.2) is 59.7 Å². The largest absolute Gasteiger partial charge is 0.379 e. The van der Waals surface area contributed by atoms with E-state index in [4.69, 9.17) is 16.3 Å². The molecule has 1 N–H and O–H groups in total. The maximum atomic E-state index is 12.1. The van der Waals surface area contributed by atoms with Crippen molar-refractivity contribution in [2.24, 2.45) is 0 Å². The minimum absolute atomic E-state index is 0.0690. The maximum Gasteiger partial charge on any atom is 0.242 e. The SMILES string of the molecule is O=S(=O)(NCCS(=O)(=O)N1CCOCC1)c1ccccc1Cl. The monoisotopic (exact) mass is 368 g/mol. The van der Waals surface area contributed by atoms with Gasteiger partial charge in [-0.25, -0.2) is 21.6 Å². The van der Waals surface area contributed by atoms with Gasteiger partial charge in [0.05, 0.1) is 24.0 Å². The average molecular weight is 369 g/mol. The van der Waals surface area contributed by atoms with Crippen molar-refractivity contribution in [2.45, 2.75) is 4.90 Å². The van der Waals surface area contributed by atoms with E-state index in [9.17, 15) is 16.8 Å². The number of hydrogen-bond acceptors (Lipinski definition) is 5. The van der Waals surface area contributed by atoms with Gasteiger partial charge in [0.1, 0.15) is 4.90 Å². The molecule has 7 nitrogen and oxygen atoms in total. The van der Waals surface area contributed by atoms with E-state index in [-0.39, 0.29) is 22.2 Å². The number of rotatable bonds is 6. The maximum absolute atomic E-state index is 12.1. The summed E-state index contributed by atoms with van der Waals surface area (Å²) in [5.74, 6) is -0.309. The second-order valence-electron chi connectivity index (χ2n) is 4.66. The van der Waals surface area contributed by atoms with Gasteiger partial charge in [0.15, 0.2) is 0 Å². The number of benzene rings is 1. The van der Waals surface area contributed by atoms with Crippen molar-refractivity contribution < 1.29 is 21.6 Å². The molecular weight excluding hydrogens is 352 g/mol. The number of halogens is 1. The highest BCUT2D eigenvalue weighted by atomic mass is 35.5. The van der Waals surface area contributed by atoms with Crippen molar-refractivity contribution in [3.05, 3.63) is 29.3 Å². The van der Waals surface area contributed by atoms with Gasteiger partial charge in [0.2, 0.25) is 20.0 Å². The van der Waals surface area contributed by atoms with Crippen LogP contribution in [0.25, 0.3) is 0 Å². The van der Waals surface area contributed by atoms with Gasteiger partial charge in [-0.05, 0) is 12.1 Å². The first-order valence-electron chi connectivity index (χ1n) is 6.63. The summed E-state index contributed by atoms with van der Waals surface area (Å²) in [7, 11) is -7.34. The van der Waals surface area contributed by atoms with Crippen LogP contribution in [-0.2, 0) is 24.8 Å². The molecule has 0 aliphatic carbocycles. The van der Waals surface area contributed by atoms with E-state index in [0.29, 0.717) is 26.3 Å². The quantitative estimate of drug-likeness (QED) is 0.778. The standard InChI is InChI=1S/C12H17ClN2O5S2/c13-11-3-1-2-4-12(11)22(18,19)14-5-10-21(16,17)15-6-8-20-9-7-15/h1-4,14H,5-10H2. The Kier molecular flexibility index (Phi) is 5.81. The van der Waals surface area contributed by atoms with Crippen LogP contribution in [0.15, 0.2) is 29.2 Å². The summed E-state index contributed by atoms with van der Waals surface area (Å²) in [5, 5.41) is 0.0889. The van der Waals surface area contributed by atoms with E-state index in [1.54, 1.807) is 12.1 Å². The zero-order valence-electron chi connectivity index (χ0n) is 11.7. The fourth-order valence-corrected chi connectivity index (χ4v) is 5.00. The number of sulfonamides is 2. The van der Waals surface area contributed by atoms with Crippen LogP contribution < -0.4 is 4.72 Å². The fraction of sp³-hybridized carbons (Fsp3) is 0.500. The molecule has 0 spiro atoms. The Morgan fingerprint density at radius 1 is 1.14 bits per heavy atom. The summed E-state index contributed by atoms with van der Waals surface area (Å²) >= 11 is 5.84. The van der Waals surface area contributed by atoms with Gasteiger partial charge in [0, 0.05) is 19.6 Å². The summed E-state index contributed by atoms with van der Waals surface area (Å²) in [6.45, 7) is 1.07. The lowest BCUT2D eigenvalue weighted by molar-refractivity contribution is 0.0730. The van der Waals surface area contributed by atoms with Crippen molar-refractivity contribution in [3.63, 3.8) is 0 Å². The van der Waals surface area contributed by atoms with Gasteiger partial charge in [-0.3, -0.25) is 0 Å². The Hall–Kier alpha value is -0.710. The third kappa shape index (κ3) is 4.40. The summed E-state index contributed by atoms with van der Waals surface area (Å²) < 4.78 is 57.0. The van der Waals surface area contributed by atoms with E-state index in [1.807, 2.05) is 0 Å². The molecule has 1 aliphatic rings. The van der Waals surface area contributed by atoms with Gasteiger partial charge in [-0.2, -0.15) is 4.31 Å². The molecule has 0 amide bonds. The molecule has 2 rings (SSSR count). The lowest BCUT2D eigenvalue weighted by Crippen LogP contribution is -2.43. The number of hydrogen-bond donors (Lipinski definition) is 1. The Morgan fingerprint density at radius 3 is 2.41 bits per heavy atom. The molecule has 0 bridgehead atoms. The average Bonchev–Trinajstić information content (AvgIpc) is 2.48. The Labute approximate surface area is 135 Å². The molecule has 1 fully saturated rings. The number of nitrogens with zero attached hydrogens (tertiary/aromatic N) is 1. The highest BCUT2D eigenvalue weighted by molar-refractivity contribution is 7.90. The van der Waals surface area contributed by atoms with Crippen LogP contribution in [0.2, 0.25) is 5.02 Å². The second-order valence-corrected chi connectivity index (χ2v) is 8.89. The molecule has 1 aromatic rings. The van der Waals surface area contributed by atoms with E-state index >= 15 is 0 Å². The van der Waals surface area contributed by atoms with Gasteiger partial charge in [0.25, 0.3) is 0 Å². The van der Waals surface area contributed by atoms with Gasteiger partial charge in [-0.15, -0.1) is 0 Å².